The Balaban J connectivity index is 1.55. The summed E-state index contributed by atoms with van der Waals surface area (Å²) in [6, 6.07) is 9.62. The molecule has 2 heterocycles. The molecule has 30 heavy (non-hydrogen) atoms. The van der Waals surface area contributed by atoms with Crippen LogP contribution >= 0.6 is 0 Å². The van der Waals surface area contributed by atoms with Gasteiger partial charge in [-0.25, -0.2) is 9.97 Å². The standard InChI is InChI=1S/C23H33N5O2/c1-16(2)22-25-17(3)14-21(26-22)28-12-10-27(11-13-28)18(4)23(29)24-15-19-8-6-7-9-20(19)30-5/h6-9,14,16,18H,10-13,15H2,1-5H3,(H,24,29)/t18-/m0/s1. The van der Waals surface area contributed by atoms with E-state index in [0.29, 0.717) is 12.5 Å². The Hall–Kier alpha value is -2.67. The summed E-state index contributed by atoms with van der Waals surface area (Å²) in [6.45, 7) is 12.0. The van der Waals surface area contributed by atoms with Gasteiger partial charge < -0.3 is 15.0 Å². The van der Waals surface area contributed by atoms with Gasteiger partial charge in [-0.05, 0) is 19.9 Å². The van der Waals surface area contributed by atoms with Crippen LogP contribution in [0.3, 0.4) is 0 Å². The van der Waals surface area contributed by atoms with Crippen LogP contribution in [0.5, 0.6) is 5.75 Å². The molecule has 0 aliphatic carbocycles. The average molecular weight is 412 g/mol. The molecule has 1 aliphatic rings. The van der Waals surface area contributed by atoms with E-state index in [2.05, 4.69) is 33.9 Å². The zero-order valence-corrected chi connectivity index (χ0v) is 18.7. The summed E-state index contributed by atoms with van der Waals surface area (Å²) in [5.74, 6) is 3.00. The fraction of sp³-hybridized carbons (Fsp3) is 0.522. The quantitative estimate of drug-likeness (QED) is 0.756. The summed E-state index contributed by atoms with van der Waals surface area (Å²) >= 11 is 0. The average Bonchev–Trinajstić information content (AvgIpc) is 2.76. The SMILES string of the molecule is COc1ccccc1CNC(=O)[C@H](C)N1CCN(c2cc(C)nc(C(C)C)n2)CC1. The van der Waals surface area contributed by atoms with Gasteiger partial charge in [0.25, 0.3) is 0 Å². The molecule has 1 N–H and O–H groups in total. The van der Waals surface area contributed by atoms with Gasteiger partial charge in [0.1, 0.15) is 17.4 Å². The number of nitrogens with one attached hydrogen (secondary N) is 1. The first-order valence-electron chi connectivity index (χ1n) is 10.6. The van der Waals surface area contributed by atoms with Crippen LogP contribution in [0, 0.1) is 6.92 Å². The van der Waals surface area contributed by atoms with E-state index in [4.69, 9.17) is 9.72 Å². The number of hydrogen-bond acceptors (Lipinski definition) is 6. The summed E-state index contributed by atoms with van der Waals surface area (Å²) < 4.78 is 5.36. The van der Waals surface area contributed by atoms with E-state index < -0.39 is 0 Å². The number of para-hydroxylation sites is 1. The Morgan fingerprint density at radius 1 is 1.13 bits per heavy atom. The molecule has 1 amide bonds. The van der Waals surface area contributed by atoms with Gasteiger partial charge >= 0.3 is 0 Å². The Bertz CT molecular complexity index is 862. The lowest BCUT2D eigenvalue weighted by Gasteiger charge is -2.38. The third-order valence-corrected chi connectivity index (χ3v) is 5.59. The molecule has 1 aromatic heterocycles. The van der Waals surface area contributed by atoms with E-state index in [9.17, 15) is 4.79 Å². The van der Waals surface area contributed by atoms with Gasteiger partial charge in [-0.1, -0.05) is 32.0 Å². The molecule has 1 atom stereocenters. The largest absolute Gasteiger partial charge is 0.496 e. The molecule has 0 bridgehead atoms. The van der Waals surface area contributed by atoms with Crippen LogP contribution in [0.1, 0.15) is 43.8 Å². The van der Waals surface area contributed by atoms with Crippen molar-refractivity contribution in [2.45, 2.75) is 46.2 Å². The molecule has 1 aliphatic heterocycles. The Labute approximate surface area is 179 Å². The molecular formula is C23H33N5O2. The highest BCUT2D eigenvalue weighted by Gasteiger charge is 2.26. The maximum Gasteiger partial charge on any atom is 0.237 e. The predicted octanol–water partition coefficient (Wildman–Crippen LogP) is 2.74. The molecule has 0 spiro atoms. The van der Waals surface area contributed by atoms with Crippen molar-refractivity contribution in [3.63, 3.8) is 0 Å². The zero-order valence-electron chi connectivity index (χ0n) is 18.7. The molecule has 7 nitrogen and oxygen atoms in total. The molecule has 0 radical (unpaired) electrons. The fourth-order valence-electron chi connectivity index (χ4n) is 3.68. The summed E-state index contributed by atoms with van der Waals surface area (Å²) in [5.41, 5.74) is 1.97. The van der Waals surface area contributed by atoms with Crippen molar-refractivity contribution >= 4 is 11.7 Å². The van der Waals surface area contributed by atoms with Crippen LogP contribution in [-0.4, -0.2) is 60.1 Å². The number of aryl methyl sites for hydroxylation is 1. The van der Waals surface area contributed by atoms with Crippen molar-refractivity contribution in [3.8, 4) is 5.75 Å². The summed E-state index contributed by atoms with van der Waals surface area (Å²) in [4.78, 5) is 26.5. The monoisotopic (exact) mass is 411 g/mol. The van der Waals surface area contributed by atoms with Crippen molar-refractivity contribution < 1.29 is 9.53 Å². The minimum Gasteiger partial charge on any atom is -0.496 e. The van der Waals surface area contributed by atoms with Gasteiger partial charge in [0.05, 0.1) is 13.2 Å². The molecule has 7 heteroatoms. The maximum absolute atomic E-state index is 12.7. The molecule has 3 rings (SSSR count). The van der Waals surface area contributed by atoms with Gasteiger partial charge in [0.2, 0.25) is 5.91 Å². The topological polar surface area (TPSA) is 70.6 Å². The number of benzene rings is 1. The number of amides is 1. The summed E-state index contributed by atoms with van der Waals surface area (Å²) in [6.07, 6.45) is 0. The Kier molecular flexibility index (Phi) is 7.26. The van der Waals surface area contributed by atoms with E-state index in [-0.39, 0.29) is 11.9 Å². The number of anilines is 1. The lowest BCUT2D eigenvalue weighted by atomic mass is 10.1. The first kappa shape index (κ1) is 22.0. The second kappa shape index (κ2) is 9.89. The van der Waals surface area contributed by atoms with Crippen molar-refractivity contribution in [3.05, 3.63) is 47.4 Å². The van der Waals surface area contributed by atoms with Gasteiger partial charge in [-0.2, -0.15) is 0 Å². The number of carbonyl (C=O) groups excluding carboxylic acids is 1. The normalized spacial score (nSPS) is 15.9. The molecular weight excluding hydrogens is 378 g/mol. The predicted molar refractivity (Wildman–Crippen MR) is 119 cm³/mol. The zero-order chi connectivity index (χ0) is 21.7. The first-order chi connectivity index (χ1) is 14.4. The highest BCUT2D eigenvalue weighted by molar-refractivity contribution is 5.81. The molecule has 0 saturated carbocycles. The van der Waals surface area contributed by atoms with Crippen LogP contribution in [0.25, 0.3) is 0 Å². The van der Waals surface area contributed by atoms with Gasteiger partial charge in [0.15, 0.2) is 0 Å². The summed E-state index contributed by atoms with van der Waals surface area (Å²) in [7, 11) is 1.64. The highest BCUT2D eigenvalue weighted by Crippen LogP contribution is 2.20. The van der Waals surface area contributed by atoms with E-state index in [1.54, 1.807) is 7.11 Å². The minimum absolute atomic E-state index is 0.0364. The smallest absolute Gasteiger partial charge is 0.237 e. The molecule has 162 valence electrons. The van der Waals surface area contributed by atoms with Crippen LogP contribution in [-0.2, 0) is 11.3 Å². The van der Waals surface area contributed by atoms with Gasteiger partial charge in [-0.15, -0.1) is 0 Å². The van der Waals surface area contributed by atoms with Crippen molar-refractivity contribution in [1.82, 2.24) is 20.2 Å². The van der Waals surface area contributed by atoms with Crippen LogP contribution in [0.2, 0.25) is 0 Å². The number of methoxy groups -OCH3 is 1. The van der Waals surface area contributed by atoms with Crippen LogP contribution in [0.15, 0.2) is 30.3 Å². The maximum atomic E-state index is 12.7. The van der Waals surface area contributed by atoms with Gasteiger partial charge in [0, 0.05) is 56.0 Å². The first-order valence-corrected chi connectivity index (χ1v) is 10.6. The number of aromatic nitrogens is 2. The second-order valence-corrected chi connectivity index (χ2v) is 8.11. The highest BCUT2D eigenvalue weighted by atomic mass is 16.5. The molecule has 0 unspecified atom stereocenters. The van der Waals surface area contributed by atoms with E-state index in [1.807, 2.05) is 44.2 Å². The Morgan fingerprint density at radius 3 is 2.50 bits per heavy atom. The van der Waals surface area contributed by atoms with Crippen LogP contribution in [0.4, 0.5) is 5.82 Å². The number of hydrogen-bond donors (Lipinski definition) is 1. The minimum atomic E-state index is -0.180. The van der Waals surface area contributed by atoms with Crippen molar-refractivity contribution in [1.29, 1.82) is 0 Å². The Morgan fingerprint density at radius 2 is 1.83 bits per heavy atom. The van der Waals surface area contributed by atoms with Crippen molar-refractivity contribution in [2.24, 2.45) is 0 Å². The molecule has 1 saturated heterocycles. The second-order valence-electron chi connectivity index (χ2n) is 8.11. The van der Waals surface area contributed by atoms with Crippen LogP contribution < -0.4 is 15.0 Å². The molecule has 1 fully saturated rings. The third-order valence-electron chi connectivity index (χ3n) is 5.59. The van der Waals surface area contributed by atoms with E-state index >= 15 is 0 Å². The number of nitrogens with zero attached hydrogens (tertiary/aromatic N) is 4. The van der Waals surface area contributed by atoms with E-state index in [1.165, 1.54) is 0 Å². The van der Waals surface area contributed by atoms with Gasteiger partial charge in [-0.3, -0.25) is 9.69 Å². The number of piperazine rings is 1. The number of ether oxygens (including phenoxy) is 1. The van der Waals surface area contributed by atoms with E-state index in [0.717, 1.165) is 54.8 Å². The third kappa shape index (κ3) is 5.27. The number of rotatable bonds is 7. The fourth-order valence-corrected chi connectivity index (χ4v) is 3.68. The molecule has 1 aromatic carbocycles. The lowest BCUT2D eigenvalue weighted by molar-refractivity contribution is -0.126. The summed E-state index contributed by atoms with van der Waals surface area (Å²) in [5, 5.41) is 3.05. The molecule has 2 aromatic rings. The van der Waals surface area contributed by atoms with Crippen molar-refractivity contribution in [2.75, 3.05) is 38.2 Å². The number of carbonyl (C=O) groups is 1. The lowest BCUT2D eigenvalue weighted by Crippen LogP contribution is -2.54.